The lowest BCUT2D eigenvalue weighted by molar-refractivity contribution is 0.0695. The zero-order valence-corrected chi connectivity index (χ0v) is 14.0. The molecule has 1 N–H and O–H groups in total. The number of halogens is 1. The summed E-state index contributed by atoms with van der Waals surface area (Å²) in [5, 5.41) is 9.62. The van der Waals surface area contributed by atoms with Gasteiger partial charge in [0.15, 0.2) is 0 Å². The van der Waals surface area contributed by atoms with E-state index in [1.807, 2.05) is 12.1 Å². The minimum Gasteiger partial charge on any atom is -0.496 e. The van der Waals surface area contributed by atoms with Crippen LogP contribution in [0.5, 0.6) is 5.75 Å². The Morgan fingerprint density at radius 1 is 1.42 bits per heavy atom. The molecular weight excluding hydrogens is 330 g/mol. The molecule has 1 atom stereocenters. The molecule has 3 rings (SSSR count). The van der Waals surface area contributed by atoms with E-state index >= 15 is 0 Å². The fourth-order valence-electron chi connectivity index (χ4n) is 3.02. The van der Waals surface area contributed by atoms with Crippen molar-refractivity contribution in [1.29, 1.82) is 0 Å². The molecule has 0 radical (unpaired) electrons. The minimum atomic E-state index is -1.02. The minimum absolute atomic E-state index is 0.0662. The lowest BCUT2D eigenvalue weighted by Crippen LogP contribution is -2.24. The third-order valence-corrected chi connectivity index (χ3v) is 4.43. The SMILES string of the molecule is COc1ccc(Cl)cc1CN1CCCC1c1ncc(C(=O)O)cn1. The maximum absolute atomic E-state index is 10.9. The molecule has 0 aliphatic carbocycles. The first-order valence-electron chi connectivity index (χ1n) is 7.70. The van der Waals surface area contributed by atoms with Crippen molar-refractivity contribution in [1.82, 2.24) is 14.9 Å². The topological polar surface area (TPSA) is 75.5 Å². The Morgan fingerprint density at radius 3 is 2.83 bits per heavy atom. The van der Waals surface area contributed by atoms with Gasteiger partial charge in [0, 0.05) is 29.5 Å². The molecular formula is C17H18ClN3O3. The number of carbonyl (C=O) groups is 1. The van der Waals surface area contributed by atoms with E-state index in [4.69, 9.17) is 21.4 Å². The smallest absolute Gasteiger partial charge is 0.338 e. The van der Waals surface area contributed by atoms with Crippen molar-refractivity contribution in [3.63, 3.8) is 0 Å². The number of likely N-dealkylation sites (tertiary alicyclic amines) is 1. The van der Waals surface area contributed by atoms with Gasteiger partial charge in [-0.3, -0.25) is 4.90 Å². The number of rotatable bonds is 5. The van der Waals surface area contributed by atoms with Crippen LogP contribution in [0, 0.1) is 0 Å². The van der Waals surface area contributed by atoms with Gasteiger partial charge in [0.05, 0.1) is 18.7 Å². The van der Waals surface area contributed by atoms with Crippen LogP contribution in [0.2, 0.25) is 5.02 Å². The molecule has 126 valence electrons. The molecule has 1 saturated heterocycles. The molecule has 1 aromatic carbocycles. The standard InChI is InChI=1S/C17H18ClN3O3/c1-24-15-5-4-13(18)7-11(15)10-21-6-2-3-14(21)16-19-8-12(9-20-16)17(22)23/h4-5,7-9,14H,2-3,6,10H2,1H3,(H,22,23). The average Bonchev–Trinajstić information content (AvgIpc) is 3.03. The highest BCUT2D eigenvalue weighted by molar-refractivity contribution is 6.30. The van der Waals surface area contributed by atoms with E-state index in [0.717, 1.165) is 30.7 Å². The molecule has 1 aliphatic heterocycles. The lowest BCUT2D eigenvalue weighted by atomic mass is 10.1. The Hall–Kier alpha value is -2.18. The molecule has 1 aliphatic rings. The summed E-state index contributed by atoms with van der Waals surface area (Å²) in [5.74, 6) is 0.430. The van der Waals surface area contributed by atoms with Gasteiger partial charge >= 0.3 is 5.97 Å². The van der Waals surface area contributed by atoms with Gasteiger partial charge in [0.1, 0.15) is 11.6 Å². The monoisotopic (exact) mass is 347 g/mol. The lowest BCUT2D eigenvalue weighted by Gasteiger charge is -2.24. The number of hydrogen-bond acceptors (Lipinski definition) is 5. The molecule has 2 heterocycles. The van der Waals surface area contributed by atoms with Gasteiger partial charge < -0.3 is 9.84 Å². The second kappa shape index (κ2) is 7.15. The van der Waals surface area contributed by atoms with E-state index in [9.17, 15) is 4.79 Å². The molecule has 0 saturated carbocycles. The van der Waals surface area contributed by atoms with E-state index in [1.54, 1.807) is 13.2 Å². The van der Waals surface area contributed by atoms with E-state index in [-0.39, 0.29) is 11.6 Å². The molecule has 6 nitrogen and oxygen atoms in total. The summed E-state index contributed by atoms with van der Waals surface area (Å²) in [6.07, 6.45) is 4.70. The number of aromatic nitrogens is 2. The largest absolute Gasteiger partial charge is 0.496 e. The Bertz CT molecular complexity index is 736. The number of benzene rings is 1. The first-order valence-corrected chi connectivity index (χ1v) is 8.08. The summed E-state index contributed by atoms with van der Waals surface area (Å²) in [6, 6.07) is 5.64. The van der Waals surface area contributed by atoms with Crippen molar-refractivity contribution in [2.75, 3.05) is 13.7 Å². The molecule has 7 heteroatoms. The fourth-order valence-corrected chi connectivity index (χ4v) is 3.21. The normalized spacial score (nSPS) is 17.8. The maximum atomic E-state index is 10.9. The number of carboxylic acids is 1. The molecule has 2 aromatic rings. The van der Waals surface area contributed by atoms with Crippen LogP contribution in [0.3, 0.4) is 0 Å². The highest BCUT2D eigenvalue weighted by atomic mass is 35.5. The number of ether oxygens (including phenoxy) is 1. The summed E-state index contributed by atoms with van der Waals surface area (Å²) in [6.45, 7) is 1.60. The molecule has 0 spiro atoms. The van der Waals surface area contributed by atoms with E-state index < -0.39 is 5.97 Å². The van der Waals surface area contributed by atoms with Gasteiger partial charge in [-0.15, -0.1) is 0 Å². The third kappa shape index (κ3) is 3.49. The van der Waals surface area contributed by atoms with Crippen molar-refractivity contribution in [2.24, 2.45) is 0 Å². The number of methoxy groups -OCH3 is 1. The van der Waals surface area contributed by atoms with Crippen LogP contribution in [0.25, 0.3) is 0 Å². The van der Waals surface area contributed by atoms with Crippen LogP contribution in [0.1, 0.15) is 40.6 Å². The van der Waals surface area contributed by atoms with Crippen molar-refractivity contribution < 1.29 is 14.6 Å². The number of aromatic carboxylic acids is 1. The summed E-state index contributed by atoms with van der Waals surface area (Å²) in [5.41, 5.74) is 1.11. The van der Waals surface area contributed by atoms with E-state index in [2.05, 4.69) is 14.9 Å². The molecule has 1 aromatic heterocycles. The number of carboxylic acid groups (broad SMARTS) is 1. The quantitative estimate of drug-likeness (QED) is 0.895. The van der Waals surface area contributed by atoms with Crippen LogP contribution in [0.4, 0.5) is 0 Å². The van der Waals surface area contributed by atoms with Crippen LogP contribution in [-0.2, 0) is 6.54 Å². The Balaban J connectivity index is 1.81. The van der Waals surface area contributed by atoms with E-state index in [0.29, 0.717) is 17.4 Å². The zero-order valence-electron chi connectivity index (χ0n) is 13.3. The summed E-state index contributed by atoms with van der Waals surface area (Å²) in [7, 11) is 1.64. The first-order chi connectivity index (χ1) is 11.6. The third-order valence-electron chi connectivity index (χ3n) is 4.20. The second-order valence-corrected chi connectivity index (χ2v) is 6.16. The predicted octanol–water partition coefficient (Wildman–Crippen LogP) is 3.17. The number of hydrogen-bond donors (Lipinski definition) is 1. The predicted molar refractivity (Wildman–Crippen MR) is 89.4 cm³/mol. The molecule has 0 amide bonds. The van der Waals surface area contributed by atoms with Gasteiger partial charge in [-0.25, -0.2) is 14.8 Å². The Kier molecular flexibility index (Phi) is 4.97. The second-order valence-electron chi connectivity index (χ2n) is 5.72. The zero-order chi connectivity index (χ0) is 17.1. The average molecular weight is 348 g/mol. The first kappa shape index (κ1) is 16.7. The van der Waals surface area contributed by atoms with Crippen molar-refractivity contribution in [2.45, 2.75) is 25.4 Å². The highest BCUT2D eigenvalue weighted by Crippen LogP contribution is 2.33. The fraction of sp³-hybridized carbons (Fsp3) is 0.353. The molecule has 1 fully saturated rings. The summed E-state index contributed by atoms with van der Waals surface area (Å²) in [4.78, 5) is 21.7. The van der Waals surface area contributed by atoms with Gasteiger partial charge in [-0.2, -0.15) is 0 Å². The van der Waals surface area contributed by atoms with Gasteiger partial charge in [-0.05, 0) is 37.6 Å². The van der Waals surface area contributed by atoms with Crippen molar-refractivity contribution >= 4 is 17.6 Å². The van der Waals surface area contributed by atoms with Crippen molar-refractivity contribution in [3.8, 4) is 5.75 Å². The highest BCUT2D eigenvalue weighted by Gasteiger charge is 2.29. The molecule has 1 unspecified atom stereocenters. The van der Waals surface area contributed by atoms with Crippen molar-refractivity contribution in [3.05, 3.63) is 52.6 Å². The summed E-state index contributed by atoms with van der Waals surface area (Å²) >= 11 is 6.11. The van der Waals surface area contributed by atoms with Crippen LogP contribution in [0.15, 0.2) is 30.6 Å². The molecule has 24 heavy (non-hydrogen) atoms. The Morgan fingerprint density at radius 2 is 2.17 bits per heavy atom. The van der Waals surface area contributed by atoms with Crippen LogP contribution in [-0.4, -0.2) is 39.6 Å². The van der Waals surface area contributed by atoms with Crippen LogP contribution >= 0.6 is 11.6 Å². The summed E-state index contributed by atoms with van der Waals surface area (Å²) < 4.78 is 5.41. The Labute approximate surface area is 145 Å². The number of nitrogens with zero attached hydrogens (tertiary/aromatic N) is 3. The maximum Gasteiger partial charge on any atom is 0.338 e. The van der Waals surface area contributed by atoms with Gasteiger partial charge in [-0.1, -0.05) is 11.6 Å². The van der Waals surface area contributed by atoms with Gasteiger partial charge in [0.2, 0.25) is 0 Å². The van der Waals surface area contributed by atoms with E-state index in [1.165, 1.54) is 12.4 Å². The van der Waals surface area contributed by atoms with Gasteiger partial charge in [0.25, 0.3) is 0 Å². The molecule has 0 bridgehead atoms. The van der Waals surface area contributed by atoms with Crippen LogP contribution < -0.4 is 4.74 Å².